The third-order valence-electron chi connectivity index (χ3n) is 4.34. The summed E-state index contributed by atoms with van der Waals surface area (Å²) < 4.78 is 32.3. The molecule has 1 aliphatic heterocycles. The van der Waals surface area contributed by atoms with Crippen molar-refractivity contribution in [3.8, 4) is 0 Å². The molecule has 23 heavy (non-hydrogen) atoms. The molecule has 1 aromatic carbocycles. The van der Waals surface area contributed by atoms with Crippen LogP contribution in [0.2, 0.25) is 0 Å². The van der Waals surface area contributed by atoms with Gasteiger partial charge in [0.05, 0.1) is 11.0 Å². The van der Waals surface area contributed by atoms with Gasteiger partial charge in [-0.1, -0.05) is 18.2 Å². The highest BCUT2D eigenvalue weighted by Crippen LogP contribution is 2.18. The number of methoxy groups -OCH3 is 1. The minimum atomic E-state index is -3.41. The topological polar surface area (TPSA) is 61.9 Å². The molecular weight excluding hydrogens is 314 g/mol. The lowest BCUT2D eigenvalue weighted by molar-refractivity contribution is 0.111. The molecule has 2 atom stereocenters. The number of likely N-dealkylation sites (N-methyl/N-ethyl adjacent to an activating group) is 2. The number of ether oxygens (including phenoxy) is 1. The summed E-state index contributed by atoms with van der Waals surface area (Å²) in [6, 6.07) is 8.91. The Hall–Kier alpha value is -0.990. The number of benzene rings is 1. The second kappa shape index (κ2) is 8.21. The van der Waals surface area contributed by atoms with Crippen LogP contribution in [0.1, 0.15) is 6.42 Å². The lowest BCUT2D eigenvalue weighted by Crippen LogP contribution is -2.40. The zero-order chi connectivity index (χ0) is 16.9. The maximum absolute atomic E-state index is 12.1. The van der Waals surface area contributed by atoms with E-state index in [2.05, 4.69) is 21.6 Å². The van der Waals surface area contributed by atoms with Crippen LogP contribution in [0.5, 0.6) is 0 Å². The van der Waals surface area contributed by atoms with Crippen LogP contribution in [-0.2, 0) is 14.8 Å². The van der Waals surface area contributed by atoms with Gasteiger partial charge in [-0.15, -0.1) is 0 Å². The van der Waals surface area contributed by atoms with Crippen molar-refractivity contribution in [3.63, 3.8) is 0 Å². The molecule has 0 amide bonds. The van der Waals surface area contributed by atoms with Gasteiger partial charge in [0.1, 0.15) is 0 Å². The highest BCUT2D eigenvalue weighted by molar-refractivity contribution is 7.89. The first-order valence-electron chi connectivity index (χ1n) is 7.88. The van der Waals surface area contributed by atoms with Crippen molar-refractivity contribution in [2.45, 2.75) is 23.5 Å². The summed E-state index contributed by atoms with van der Waals surface area (Å²) in [4.78, 5) is 4.77. The molecule has 1 N–H and O–H groups in total. The minimum absolute atomic E-state index is 0.301. The molecule has 0 unspecified atom stereocenters. The van der Waals surface area contributed by atoms with Crippen LogP contribution < -0.4 is 4.72 Å². The van der Waals surface area contributed by atoms with Crippen molar-refractivity contribution in [1.29, 1.82) is 0 Å². The highest BCUT2D eigenvalue weighted by Gasteiger charge is 2.29. The van der Waals surface area contributed by atoms with Crippen LogP contribution in [0, 0.1) is 0 Å². The Balaban J connectivity index is 1.76. The number of hydrogen-bond donors (Lipinski definition) is 1. The van der Waals surface area contributed by atoms with Gasteiger partial charge in [-0.3, -0.25) is 4.90 Å². The molecule has 7 heteroatoms. The van der Waals surface area contributed by atoms with Crippen molar-refractivity contribution in [2.24, 2.45) is 0 Å². The van der Waals surface area contributed by atoms with Crippen LogP contribution in [0.3, 0.4) is 0 Å². The maximum Gasteiger partial charge on any atom is 0.240 e. The fraction of sp³-hybridized carbons (Fsp3) is 0.625. The molecule has 0 spiro atoms. The number of nitrogens with one attached hydrogen (secondary N) is 1. The van der Waals surface area contributed by atoms with Crippen LogP contribution in [-0.4, -0.2) is 77.7 Å². The lowest BCUT2D eigenvalue weighted by atomic mass is 10.2. The van der Waals surface area contributed by atoms with Gasteiger partial charge in [0, 0.05) is 39.3 Å². The Morgan fingerprint density at radius 3 is 2.65 bits per heavy atom. The van der Waals surface area contributed by atoms with E-state index in [4.69, 9.17) is 4.74 Å². The van der Waals surface area contributed by atoms with E-state index >= 15 is 0 Å². The molecule has 6 nitrogen and oxygen atoms in total. The molecule has 0 bridgehead atoms. The van der Waals surface area contributed by atoms with Crippen molar-refractivity contribution in [1.82, 2.24) is 14.5 Å². The Labute approximate surface area is 139 Å². The van der Waals surface area contributed by atoms with Gasteiger partial charge in [-0.2, -0.15) is 0 Å². The number of hydrogen-bond acceptors (Lipinski definition) is 5. The standard InChI is InChI=1S/C16H27N3O3S/c1-18(12-14-11-15(22-3)13-19(14)2)10-9-17-23(20,21)16-7-5-4-6-8-16/h4-8,14-15,17H,9-13H2,1-3H3/t14-,15-/m0/s1. The fourth-order valence-corrected chi connectivity index (χ4v) is 3.96. The monoisotopic (exact) mass is 341 g/mol. The van der Waals surface area contributed by atoms with E-state index < -0.39 is 10.0 Å². The Morgan fingerprint density at radius 1 is 1.35 bits per heavy atom. The van der Waals surface area contributed by atoms with Crippen LogP contribution in [0.15, 0.2) is 35.2 Å². The zero-order valence-corrected chi connectivity index (χ0v) is 14.9. The van der Waals surface area contributed by atoms with E-state index in [0.717, 1.165) is 19.5 Å². The average Bonchev–Trinajstić information content (AvgIpc) is 2.88. The first kappa shape index (κ1) is 18.4. The van der Waals surface area contributed by atoms with Gasteiger partial charge < -0.3 is 9.64 Å². The third-order valence-corrected chi connectivity index (χ3v) is 5.82. The van der Waals surface area contributed by atoms with E-state index in [1.807, 2.05) is 7.05 Å². The molecule has 1 aromatic rings. The first-order chi connectivity index (χ1) is 10.9. The smallest absolute Gasteiger partial charge is 0.240 e. The summed E-state index contributed by atoms with van der Waals surface area (Å²) in [7, 11) is 2.46. The summed E-state index contributed by atoms with van der Waals surface area (Å²) in [5.74, 6) is 0. The van der Waals surface area contributed by atoms with E-state index in [0.29, 0.717) is 30.1 Å². The van der Waals surface area contributed by atoms with Gasteiger partial charge in [-0.05, 0) is 32.6 Å². The predicted molar refractivity (Wildman–Crippen MR) is 91.0 cm³/mol. The summed E-state index contributed by atoms with van der Waals surface area (Å²) >= 11 is 0. The Morgan fingerprint density at radius 2 is 2.04 bits per heavy atom. The second-order valence-corrected chi connectivity index (χ2v) is 7.93. The zero-order valence-electron chi connectivity index (χ0n) is 14.1. The highest BCUT2D eigenvalue weighted by atomic mass is 32.2. The van der Waals surface area contributed by atoms with E-state index in [1.165, 1.54) is 0 Å². The molecule has 1 saturated heterocycles. The van der Waals surface area contributed by atoms with E-state index in [9.17, 15) is 8.42 Å². The second-order valence-electron chi connectivity index (χ2n) is 6.16. The van der Waals surface area contributed by atoms with Gasteiger partial charge >= 0.3 is 0 Å². The van der Waals surface area contributed by atoms with Gasteiger partial charge in [0.15, 0.2) is 0 Å². The normalized spacial score (nSPS) is 22.8. The van der Waals surface area contributed by atoms with Gasteiger partial charge in [0.2, 0.25) is 10.0 Å². The SMILES string of the molecule is CO[C@H]1C[C@@H](CN(C)CCNS(=O)(=O)c2ccccc2)N(C)C1. The molecule has 0 aliphatic carbocycles. The van der Waals surface area contributed by atoms with Crippen molar-refractivity contribution in [3.05, 3.63) is 30.3 Å². The van der Waals surface area contributed by atoms with Crippen molar-refractivity contribution >= 4 is 10.0 Å². The predicted octanol–water partition coefficient (Wildman–Crippen LogP) is 0.616. The van der Waals surface area contributed by atoms with Gasteiger partial charge in [0.25, 0.3) is 0 Å². The molecule has 0 saturated carbocycles. The summed E-state index contributed by atoms with van der Waals surface area (Å²) in [5.41, 5.74) is 0. The summed E-state index contributed by atoms with van der Waals surface area (Å²) in [5, 5.41) is 0. The molecule has 1 fully saturated rings. The number of likely N-dealkylation sites (tertiary alicyclic amines) is 1. The largest absolute Gasteiger partial charge is 0.380 e. The van der Waals surface area contributed by atoms with Crippen LogP contribution in [0.4, 0.5) is 0 Å². The Kier molecular flexibility index (Phi) is 6.55. The van der Waals surface area contributed by atoms with E-state index in [1.54, 1.807) is 37.4 Å². The molecule has 2 rings (SSSR count). The average molecular weight is 341 g/mol. The number of nitrogens with zero attached hydrogens (tertiary/aromatic N) is 2. The van der Waals surface area contributed by atoms with Crippen molar-refractivity contribution in [2.75, 3.05) is 47.4 Å². The summed E-state index contributed by atoms with van der Waals surface area (Å²) in [6.07, 6.45) is 1.32. The molecule has 1 heterocycles. The molecular formula is C16H27N3O3S. The van der Waals surface area contributed by atoms with Gasteiger partial charge in [-0.25, -0.2) is 13.1 Å². The fourth-order valence-electron chi connectivity index (χ4n) is 2.92. The molecule has 0 radical (unpaired) electrons. The molecule has 1 aliphatic rings. The molecule has 0 aromatic heterocycles. The number of rotatable bonds is 8. The minimum Gasteiger partial charge on any atom is -0.380 e. The third kappa shape index (κ3) is 5.26. The maximum atomic E-state index is 12.1. The lowest BCUT2D eigenvalue weighted by Gasteiger charge is -2.25. The van der Waals surface area contributed by atoms with Crippen LogP contribution >= 0.6 is 0 Å². The molecule has 130 valence electrons. The quantitative estimate of drug-likeness (QED) is 0.751. The summed E-state index contributed by atoms with van der Waals surface area (Å²) in [6.45, 7) is 2.94. The Bertz CT molecular complexity index is 579. The van der Waals surface area contributed by atoms with E-state index in [-0.39, 0.29) is 0 Å². The van der Waals surface area contributed by atoms with Crippen LogP contribution in [0.25, 0.3) is 0 Å². The first-order valence-corrected chi connectivity index (χ1v) is 9.37. The van der Waals surface area contributed by atoms with Crippen molar-refractivity contribution < 1.29 is 13.2 Å². The number of sulfonamides is 1.